The Balaban J connectivity index is 2.65. The van der Waals surface area contributed by atoms with Crippen LogP contribution in [0.1, 0.15) is 24.2 Å². The molecule has 0 spiro atoms. The number of anilines is 1. The van der Waals surface area contributed by atoms with E-state index in [-0.39, 0.29) is 6.79 Å². The van der Waals surface area contributed by atoms with Gasteiger partial charge in [-0.25, -0.2) is 4.79 Å². The molecule has 0 bridgehead atoms. The van der Waals surface area contributed by atoms with E-state index in [0.29, 0.717) is 30.2 Å². The molecule has 0 unspecified atom stereocenters. The van der Waals surface area contributed by atoms with Crippen molar-refractivity contribution in [3.63, 3.8) is 0 Å². The van der Waals surface area contributed by atoms with Crippen LogP contribution in [-0.2, 0) is 9.47 Å². The molecule has 0 saturated carbocycles. The third kappa shape index (κ3) is 3.96. The maximum absolute atomic E-state index is 11.5. The van der Waals surface area contributed by atoms with Gasteiger partial charge in [-0.2, -0.15) is 0 Å². The lowest BCUT2D eigenvalue weighted by atomic mass is 10.2. The average molecular weight is 239 g/mol. The van der Waals surface area contributed by atoms with Crippen LogP contribution in [0.25, 0.3) is 0 Å². The summed E-state index contributed by atoms with van der Waals surface area (Å²) < 4.78 is 15.1. The number of ether oxygens (including phenoxy) is 3. The van der Waals surface area contributed by atoms with E-state index in [1.807, 2.05) is 13.8 Å². The zero-order chi connectivity index (χ0) is 12.7. The van der Waals surface area contributed by atoms with Crippen LogP contribution >= 0.6 is 0 Å². The largest absolute Gasteiger partial charge is 0.492 e. The van der Waals surface area contributed by atoms with E-state index in [4.69, 9.17) is 19.9 Å². The first kappa shape index (κ1) is 13.3. The van der Waals surface area contributed by atoms with Crippen molar-refractivity contribution in [3.8, 4) is 5.75 Å². The number of rotatable bonds is 6. The first-order valence-corrected chi connectivity index (χ1v) is 5.46. The number of carbonyl (C=O) groups is 1. The summed E-state index contributed by atoms with van der Waals surface area (Å²) in [6, 6.07) is 4.78. The van der Waals surface area contributed by atoms with Gasteiger partial charge in [0, 0.05) is 6.61 Å². The number of nitrogen functional groups attached to an aromatic ring is 1. The molecular weight excluding hydrogens is 222 g/mol. The summed E-state index contributed by atoms with van der Waals surface area (Å²) in [5.74, 6) is 0.0991. The van der Waals surface area contributed by atoms with Crippen LogP contribution in [0.3, 0.4) is 0 Å². The fourth-order valence-electron chi connectivity index (χ4n) is 1.22. The first-order valence-electron chi connectivity index (χ1n) is 5.46. The average Bonchev–Trinajstić information content (AvgIpc) is 2.32. The Morgan fingerprint density at radius 3 is 2.65 bits per heavy atom. The Bertz CT molecular complexity index is 379. The second-order valence-electron chi connectivity index (χ2n) is 3.23. The number of hydrogen-bond donors (Lipinski definition) is 1. The minimum Gasteiger partial charge on any atom is -0.492 e. The van der Waals surface area contributed by atoms with Gasteiger partial charge in [-0.15, -0.1) is 0 Å². The van der Waals surface area contributed by atoms with Gasteiger partial charge in [-0.05, 0) is 32.0 Å². The van der Waals surface area contributed by atoms with Crippen LogP contribution in [-0.4, -0.2) is 26.0 Å². The molecule has 0 saturated heterocycles. The van der Waals surface area contributed by atoms with Gasteiger partial charge in [0.15, 0.2) is 6.79 Å². The summed E-state index contributed by atoms with van der Waals surface area (Å²) >= 11 is 0. The number of esters is 1. The molecule has 0 fully saturated rings. The van der Waals surface area contributed by atoms with Crippen LogP contribution < -0.4 is 10.5 Å². The third-order valence-electron chi connectivity index (χ3n) is 2.02. The molecule has 1 aromatic carbocycles. The highest BCUT2D eigenvalue weighted by Gasteiger charge is 2.09. The quantitative estimate of drug-likeness (QED) is 0.355. The summed E-state index contributed by atoms with van der Waals surface area (Å²) in [6.45, 7) is 4.66. The molecule has 0 atom stereocenters. The summed E-state index contributed by atoms with van der Waals surface area (Å²) in [6.07, 6.45) is 0. The van der Waals surface area contributed by atoms with E-state index in [1.165, 1.54) is 6.07 Å². The molecule has 0 amide bonds. The molecule has 0 radical (unpaired) electrons. The van der Waals surface area contributed by atoms with Crippen LogP contribution in [0.4, 0.5) is 5.69 Å². The monoisotopic (exact) mass is 239 g/mol. The van der Waals surface area contributed by atoms with Crippen molar-refractivity contribution in [2.45, 2.75) is 13.8 Å². The highest BCUT2D eigenvalue weighted by Crippen LogP contribution is 2.22. The normalized spacial score (nSPS) is 10.0. The van der Waals surface area contributed by atoms with Crippen molar-refractivity contribution in [1.82, 2.24) is 0 Å². The molecule has 5 nitrogen and oxygen atoms in total. The lowest BCUT2D eigenvalue weighted by Crippen LogP contribution is -2.09. The Kier molecular flexibility index (Phi) is 5.29. The highest BCUT2D eigenvalue weighted by atomic mass is 16.7. The van der Waals surface area contributed by atoms with Gasteiger partial charge in [-0.3, -0.25) is 0 Å². The minimum atomic E-state index is -0.465. The summed E-state index contributed by atoms with van der Waals surface area (Å²) in [5, 5.41) is 0. The van der Waals surface area contributed by atoms with Gasteiger partial charge in [-0.1, -0.05) is 0 Å². The van der Waals surface area contributed by atoms with Gasteiger partial charge in [0.2, 0.25) is 0 Å². The van der Waals surface area contributed by atoms with Crippen molar-refractivity contribution < 1.29 is 19.0 Å². The zero-order valence-corrected chi connectivity index (χ0v) is 10.1. The standard InChI is InChI=1S/C12H17NO4/c1-3-15-8-17-12(14)9-5-6-11(16-4-2)10(13)7-9/h5-7H,3-4,8,13H2,1-2H3. The lowest BCUT2D eigenvalue weighted by Gasteiger charge is -2.08. The number of carbonyl (C=O) groups excluding carboxylic acids is 1. The molecule has 0 heterocycles. The number of benzene rings is 1. The lowest BCUT2D eigenvalue weighted by molar-refractivity contribution is -0.0274. The molecule has 1 aromatic rings. The SMILES string of the molecule is CCOCOC(=O)c1ccc(OCC)c(N)c1. The van der Waals surface area contributed by atoms with Gasteiger partial charge in [0.05, 0.1) is 17.9 Å². The molecule has 0 aliphatic heterocycles. The highest BCUT2D eigenvalue weighted by molar-refractivity contribution is 5.90. The van der Waals surface area contributed by atoms with Crippen LogP contribution in [0.2, 0.25) is 0 Å². The number of hydrogen-bond acceptors (Lipinski definition) is 5. The predicted octanol–water partition coefficient (Wildman–Crippen LogP) is 1.82. The summed E-state index contributed by atoms with van der Waals surface area (Å²) in [4.78, 5) is 11.5. The van der Waals surface area contributed by atoms with Crippen LogP contribution in [0, 0.1) is 0 Å². The molecule has 0 aliphatic rings. The molecule has 2 N–H and O–H groups in total. The van der Waals surface area contributed by atoms with E-state index in [2.05, 4.69) is 0 Å². The maximum Gasteiger partial charge on any atom is 0.340 e. The zero-order valence-electron chi connectivity index (χ0n) is 10.1. The topological polar surface area (TPSA) is 70.8 Å². The third-order valence-corrected chi connectivity index (χ3v) is 2.02. The number of nitrogens with two attached hydrogens (primary N) is 1. The fraction of sp³-hybridized carbons (Fsp3) is 0.417. The second kappa shape index (κ2) is 6.75. The fourth-order valence-corrected chi connectivity index (χ4v) is 1.22. The van der Waals surface area contributed by atoms with Crippen molar-refractivity contribution in [2.24, 2.45) is 0 Å². The Hall–Kier alpha value is -1.75. The summed E-state index contributed by atoms with van der Waals surface area (Å²) in [7, 11) is 0. The van der Waals surface area contributed by atoms with Crippen molar-refractivity contribution in [3.05, 3.63) is 23.8 Å². The second-order valence-corrected chi connectivity index (χ2v) is 3.23. The summed E-state index contributed by atoms with van der Waals surface area (Å²) in [5.41, 5.74) is 6.53. The first-order chi connectivity index (χ1) is 8.19. The molecule has 1 rings (SSSR count). The van der Waals surface area contributed by atoms with Crippen molar-refractivity contribution >= 4 is 11.7 Å². The van der Waals surface area contributed by atoms with Crippen LogP contribution in [0.15, 0.2) is 18.2 Å². The maximum atomic E-state index is 11.5. The molecule has 5 heteroatoms. The van der Waals surface area contributed by atoms with Gasteiger partial charge in [0.1, 0.15) is 5.75 Å². The Morgan fingerprint density at radius 1 is 1.29 bits per heavy atom. The molecule has 17 heavy (non-hydrogen) atoms. The van der Waals surface area contributed by atoms with Gasteiger partial charge >= 0.3 is 5.97 Å². The molecular formula is C12H17NO4. The van der Waals surface area contributed by atoms with E-state index in [1.54, 1.807) is 12.1 Å². The van der Waals surface area contributed by atoms with Gasteiger partial charge in [0.25, 0.3) is 0 Å². The predicted molar refractivity (Wildman–Crippen MR) is 63.9 cm³/mol. The van der Waals surface area contributed by atoms with E-state index < -0.39 is 5.97 Å². The molecule has 94 valence electrons. The smallest absolute Gasteiger partial charge is 0.340 e. The Labute approximate surface area is 100 Å². The Morgan fingerprint density at radius 2 is 2.06 bits per heavy atom. The van der Waals surface area contributed by atoms with Crippen LogP contribution in [0.5, 0.6) is 5.75 Å². The van der Waals surface area contributed by atoms with E-state index >= 15 is 0 Å². The van der Waals surface area contributed by atoms with Gasteiger partial charge < -0.3 is 19.9 Å². The van der Waals surface area contributed by atoms with E-state index in [0.717, 1.165) is 0 Å². The van der Waals surface area contributed by atoms with Crippen molar-refractivity contribution in [2.75, 3.05) is 25.7 Å². The van der Waals surface area contributed by atoms with Crippen molar-refractivity contribution in [1.29, 1.82) is 0 Å². The van der Waals surface area contributed by atoms with E-state index in [9.17, 15) is 4.79 Å². The molecule has 0 aromatic heterocycles. The minimum absolute atomic E-state index is 0.0531. The molecule has 0 aliphatic carbocycles.